The summed E-state index contributed by atoms with van der Waals surface area (Å²) in [5.41, 5.74) is 5.07. The molecule has 0 fully saturated rings. The molecule has 4 aromatic carbocycles. The molecule has 2 atom stereocenters. The topological polar surface area (TPSA) is 0 Å². The zero-order valence-corrected chi connectivity index (χ0v) is 17.0. The quantitative estimate of drug-likeness (QED) is 0.302. The number of allylic oxidation sites excluding steroid dienone is 2. The van der Waals surface area contributed by atoms with E-state index in [0.717, 1.165) is 0 Å². The summed E-state index contributed by atoms with van der Waals surface area (Å²) in [7, 11) is 0. The van der Waals surface area contributed by atoms with E-state index in [1.807, 2.05) is 0 Å². The maximum absolute atomic E-state index is 2.34. The average Bonchev–Trinajstić information content (AvgIpc) is 2.83. The second-order valence-corrected chi connectivity index (χ2v) is 7.41. The van der Waals surface area contributed by atoms with E-state index in [0.29, 0.717) is 0 Å². The highest BCUT2D eigenvalue weighted by Crippen LogP contribution is 2.36. The van der Waals surface area contributed by atoms with E-state index in [-0.39, 0.29) is 11.8 Å². The van der Waals surface area contributed by atoms with Crippen molar-refractivity contribution in [2.75, 3.05) is 0 Å². The molecule has 0 spiro atoms. The van der Waals surface area contributed by atoms with E-state index in [1.165, 1.54) is 22.3 Å². The highest BCUT2D eigenvalue weighted by atomic mass is 14.2. The molecule has 0 saturated carbocycles. The van der Waals surface area contributed by atoms with E-state index in [2.05, 4.69) is 146 Å². The lowest BCUT2D eigenvalue weighted by atomic mass is 9.80. The second-order valence-electron chi connectivity index (χ2n) is 7.41. The summed E-state index contributed by atoms with van der Waals surface area (Å²) >= 11 is 0. The van der Waals surface area contributed by atoms with Gasteiger partial charge in [-0.15, -0.1) is 0 Å². The zero-order chi connectivity index (χ0) is 20.4. The van der Waals surface area contributed by atoms with Gasteiger partial charge in [0.05, 0.1) is 0 Å². The maximum Gasteiger partial charge on any atom is 0.0125 e. The Morgan fingerprint density at radius 2 is 0.667 bits per heavy atom. The van der Waals surface area contributed by atoms with Gasteiger partial charge < -0.3 is 0 Å². The fourth-order valence-electron chi connectivity index (χ4n) is 3.78. The van der Waals surface area contributed by atoms with Gasteiger partial charge in [-0.3, -0.25) is 0 Å². The fraction of sp³-hybridized carbons (Fsp3) is 0.0667. The first-order chi connectivity index (χ1) is 14.9. The van der Waals surface area contributed by atoms with Crippen LogP contribution in [0.4, 0.5) is 0 Å². The van der Waals surface area contributed by atoms with Crippen LogP contribution in [-0.4, -0.2) is 0 Å². The summed E-state index contributed by atoms with van der Waals surface area (Å²) in [5, 5.41) is 0. The van der Waals surface area contributed by atoms with Gasteiger partial charge >= 0.3 is 0 Å². The molecular formula is C30H26. The van der Waals surface area contributed by atoms with Crippen molar-refractivity contribution < 1.29 is 0 Å². The van der Waals surface area contributed by atoms with Gasteiger partial charge in [-0.1, -0.05) is 146 Å². The molecule has 0 N–H and O–H groups in total. The molecule has 30 heavy (non-hydrogen) atoms. The SMILES string of the molecule is C(=CC(c1ccccc1)C(C=Cc1ccccc1)c1ccccc1)c1ccccc1. The van der Waals surface area contributed by atoms with Crippen LogP contribution in [0, 0.1) is 0 Å². The third kappa shape index (κ3) is 5.24. The van der Waals surface area contributed by atoms with Gasteiger partial charge in [0.1, 0.15) is 0 Å². The Kier molecular flexibility index (Phi) is 6.70. The summed E-state index contributed by atoms with van der Waals surface area (Å²) < 4.78 is 0. The molecular weight excluding hydrogens is 360 g/mol. The summed E-state index contributed by atoms with van der Waals surface area (Å²) in [6, 6.07) is 42.6. The highest BCUT2D eigenvalue weighted by molar-refractivity contribution is 5.55. The minimum absolute atomic E-state index is 0.230. The predicted octanol–water partition coefficient (Wildman–Crippen LogP) is 7.98. The second kappa shape index (κ2) is 10.2. The molecule has 0 heteroatoms. The molecule has 4 aromatic rings. The first-order valence-electron chi connectivity index (χ1n) is 10.5. The van der Waals surface area contributed by atoms with Gasteiger partial charge in [-0.05, 0) is 22.3 Å². The molecule has 0 bridgehead atoms. The number of rotatable bonds is 7. The fourth-order valence-corrected chi connectivity index (χ4v) is 3.78. The van der Waals surface area contributed by atoms with Crippen molar-refractivity contribution in [1.29, 1.82) is 0 Å². The minimum Gasteiger partial charge on any atom is -0.0755 e. The number of hydrogen-bond donors (Lipinski definition) is 0. The molecule has 4 rings (SSSR count). The lowest BCUT2D eigenvalue weighted by Gasteiger charge is -2.23. The molecule has 0 aromatic heterocycles. The first-order valence-corrected chi connectivity index (χ1v) is 10.5. The lowest BCUT2D eigenvalue weighted by Crippen LogP contribution is -2.07. The van der Waals surface area contributed by atoms with Gasteiger partial charge in [-0.25, -0.2) is 0 Å². The Morgan fingerprint density at radius 1 is 0.367 bits per heavy atom. The van der Waals surface area contributed by atoms with Crippen LogP contribution < -0.4 is 0 Å². The summed E-state index contributed by atoms with van der Waals surface area (Å²) in [6.07, 6.45) is 9.17. The zero-order valence-electron chi connectivity index (χ0n) is 17.0. The van der Waals surface area contributed by atoms with Crippen molar-refractivity contribution in [2.45, 2.75) is 11.8 Å². The average molecular weight is 387 g/mol. The Labute approximate surface area is 179 Å². The smallest absolute Gasteiger partial charge is 0.0125 e. The Hall–Kier alpha value is -3.64. The summed E-state index contributed by atoms with van der Waals surface area (Å²) in [5.74, 6) is 0.461. The van der Waals surface area contributed by atoms with Gasteiger partial charge in [0.2, 0.25) is 0 Å². The third-order valence-corrected chi connectivity index (χ3v) is 5.35. The first kappa shape index (κ1) is 19.7. The van der Waals surface area contributed by atoms with Crippen LogP contribution in [0.1, 0.15) is 34.1 Å². The van der Waals surface area contributed by atoms with Crippen LogP contribution in [0.3, 0.4) is 0 Å². The Bertz CT molecular complexity index is 971. The van der Waals surface area contributed by atoms with E-state index < -0.39 is 0 Å². The van der Waals surface area contributed by atoms with E-state index >= 15 is 0 Å². The molecule has 0 nitrogen and oxygen atoms in total. The van der Waals surface area contributed by atoms with Gasteiger partial charge in [0.15, 0.2) is 0 Å². The minimum atomic E-state index is 0.230. The Balaban J connectivity index is 1.76. The lowest BCUT2D eigenvalue weighted by molar-refractivity contribution is 0.743. The van der Waals surface area contributed by atoms with Crippen molar-refractivity contribution in [3.8, 4) is 0 Å². The van der Waals surface area contributed by atoms with Crippen LogP contribution in [0.2, 0.25) is 0 Å². The van der Waals surface area contributed by atoms with Gasteiger partial charge in [-0.2, -0.15) is 0 Å². The molecule has 0 aliphatic heterocycles. The monoisotopic (exact) mass is 386 g/mol. The molecule has 0 aliphatic rings. The van der Waals surface area contributed by atoms with Crippen LogP contribution in [0.25, 0.3) is 12.2 Å². The van der Waals surface area contributed by atoms with Gasteiger partial charge in [0.25, 0.3) is 0 Å². The highest BCUT2D eigenvalue weighted by Gasteiger charge is 2.20. The molecule has 0 aliphatic carbocycles. The van der Waals surface area contributed by atoms with Crippen LogP contribution in [0.5, 0.6) is 0 Å². The summed E-state index contributed by atoms with van der Waals surface area (Å²) in [6.45, 7) is 0. The van der Waals surface area contributed by atoms with Crippen LogP contribution >= 0.6 is 0 Å². The van der Waals surface area contributed by atoms with E-state index in [1.54, 1.807) is 0 Å². The maximum atomic E-state index is 2.34. The molecule has 146 valence electrons. The summed E-state index contributed by atoms with van der Waals surface area (Å²) in [4.78, 5) is 0. The number of benzene rings is 4. The Morgan fingerprint density at radius 3 is 1.00 bits per heavy atom. The van der Waals surface area contributed by atoms with Crippen molar-refractivity contribution in [3.05, 3.63) is 156 Å². The van der Waals surface area contributed by atoms with Crippen LogP contribution in [0.15, 0.2) is 133 Å². The van der Waals surface area contributed by atoms with Crippen molar-refractivity contribution in [3.63, 3.8) is 0 Å². The third-order valence-electron chi connectivity index (χ3n) is 5.35. The number of hydrogen-bond acceptors (Lipinski definition) is 0. The van der Waals surface area contributed by atoms with Crippen molar-refractivity contribution in [2.24, 2.45) is 0 Å². The normalized spacial score (nSPS) is 13.5. The molecule has 0 radical (unpaired) electrons. The molecule has 0 saturated heterocycles. The standard InChI is InChI=1S/C30H26/c1-5-13-25(14-6-1)21-23-29(27-17-9-3-10-18-27)30(28-19-11-4-12-20-28)24-22-26-15-7-2-8-16-26/h1-24,29-30H. The van der Waals surface area contributed by atoms with E-state index in [9.17, 15) is 0 Å². The van der Waals surface area contributed by atoms with Crippen LogP contribution in [-0.2, 0) is 0 Å². The van der Waals surface area contributed by atoms with Crippen molar-refractivity contribution >= 4 is 12.2 Å². The molecule has 0 amide bonds. The predicted molar refractivity (Wildman–Crippen MR) is 129 cm³/mol. The molecule has 2 unspecified atom stereocenters. The largest absolute Gasteiger partial charge is 0.0755 e. The van der Waals surface area contributed by atoms with Gasteiger partial charge in [0, 0.05) is 11.8 Å². The molecule has 0 heterocycles. The van der Waals surface area contributed by atoms with Crippen molar-refractivity contribution in [1.82, 2.24) is 0 Å². The van der Waals surface area contributed by atoms with E-state index in [4.69, 9.17) is 0 Å².